The van der Waals surface area contributed by atoms with Crippen LogP contribution < -0.4 is 14.8 Å². The van der Waals surface area contributed by atoms with Crippen LogP contribution in [0.2, 0.25) is 5.02 Å². The molecule has 0 saturated carbocycles. The number of nitro benzene ring substituents is 1. The van der Waals surface area contributed by atoms with Crippen molar-refractivity contribution in [1.29, 1.82) is 0 Å². The summed E-state index contributed by atoms with van der Waals surface area (Å²) in [5, 5.41) is 13.4. The summed E-state index contributed by atoms with van der Waals surface area (Å²) in [5.41, 5.74) is 0.499. The van der Waals surface area contributed by atoms with E-state index in [0.29, 0.717) is 11.5 Å². The first-order valence-corrected chi connectivity index (χ1v) is 11.0. The fourth-order valence-corrected chi connectivity index (χ4v) is 3.20. The first-order valence-electron chi connectivity index (χ1n) is 10.6. The van der Waals surface area contributed by atoms with Gasteiger partial charge in [0.1, 0.15) is 22.8 Å². The van der Waals surface area contributed by atoms with E-state index in [2.05, 4.69) is 5.32 Å². The number of ketones is 1. The molecule has 0 saturated heterocycles. The van der Waals surface area contributed by atoms with Gasteiger partial charge in [-0.05, 0) is 42.5 Å². The van der Waals surface area contributed by atoms with Crippen molar-refractivity contribution in [2.24, 2.45) is 0 Å². The van der Waals surface area contributed by atoms with Crippen LogP contribution in [-0.4, -0.2) is 36.3 Å². The van der Waals surface area contributed by atoms with Gasteiger partial charge >= 0.3 is 5.97 Å². The second kappa shape index (κ2) is 11.8. The SMILES string of the molecule is CCC(=O)Nc1cc(OC)c(C(=O)OCC(=O)c2ccc(Oc3ccc([N+](=O)[O-])cc3)cc2)cc1Cl. The van der Waals surface area contributed by atoms with Gasteiger partial charge in [0.05, 0.1) is 22.7 Å². The number of halogens is 1. The molecule has 0 atom stereocenters. The quantitative estimate of drug-likeness (QED) is 0.164. The van der Waals surface area contributed by atoms with Gasteiger partial charge in [-0.25, -0.2) is 4.79 Å². The first kappa shape index (κ1) is 26.2. The number of nitrogens with zero attached hydrogens (tertiary/aromatic N) is 1. The number of Topliss-reactive ketones (excluding diaryl/α,β-unsaturated/α-hetero) is 1. The third-order valence-corrected chi connectivity index (χ3v) is 5.21. The largest absolute Gasteiger partial charge is 0.496 e. The molecule has 0 bridgehead atoms. The first-order chi connectivity index (χ1) is 17.2. The Labute approximate surface area is 210 Å². The average Bonchev–Trinajstić information content (AvgIpc) is 2.88. The van der Waals surface area contributed by atoms with Crippen LogP contribution in [0, 0.1) is 10.1 Å². The number of hydrogen-bond acceptors (Lipinski definition) is 8. The van der Waals surface area contributed by atoms with Crippen molar-refractivity contribution in [3.63, 3.8) is 0 Å². The van der Waals surface area contributed by atoms with E-state index < -0.39 is 23.3 Å². The molecule has 0 aromatic heterocycles. The van der Waals surface area contributed by atoms with Gasteiger partial charge < -0.3 is 19.5 Å². The van der Waals surface area contributed by atoms with Gasteiger partial charge in [0.15, 0.2) is 12.4 Å². The zero-order valence-corrected chi connectivity index (χ0v) is 20.0. The Balaban J connectivity index is 1.62. The van der Waals surface area contributed by atoms with Gasteiger partial charge in [0, 0.05) is 30.2 Å². The van der Waals surface area contributed by atoms with Crippen LogP contribution in [0.15, 0.2) is 60.7 Å². The predicted octanol–water partition coefficient (Wildman–Crippen LogP) is 5.44. The third kappa shape index (κ3) is 6.57. The number of benzene rings is 3. The van der Waals surface area contributed by atoms with Crippen LogP contribution in [0.1, 0.15) is 34.1 Å². The maximum absolute atomic E-state index is 12.6. The summed E-state index contributed by atoms with van der Waals surface area (Å²) in [6.07, 6.45) is 0.245. The Morgan fingerprint density at radius 1 is 1.00 bits per heavy atom. The molecule has 1 amide bonds. The lowest BCUT2D eigenvalue weighted by Gasteiger charge is -2.13. The Morgan fingerprint density at radius 3 is 2.17 bits per heavy atom. The minimum atomic E-state index is -0.825. The van der Waals surface area contributed by atoms with Crippen LogP contribution in [0.4, 0.5) is 11.4 Å². The lowest BCUT2D eigenvalue weighted by molar-refractivity contribution is -0.384. The maximum Gasteiger partial charge on any atom is 0.342 e. The van der Waals surface area contributed by atoms with Crippen LogP contribution >= 0.6 is 11.6 Å². The molecule has 186 valence electrons. The number of non-ortho nitro benzene ring substituents is 1. The molecule has 3 aromatic carbocycles. The molecule has 0 aliphatic heterocycles. The van der Waals surface area contributed by atoms with E-state index >= 15 is 0 Å². The Morgan fingerprint density at radius 2 is 1.61 bits per heavy atom. The van der Waals surface area contributed by atoms with Crippen molar-refractivity contribution in [1.82, 2.24) is 0 Å². The Bertz CT molecular complexity index is 1290. The molecule has 3 aromatic rings. The topological polar surface area (TPSA) is 134 Å². The minimum Gasteiger partial charge on any atom is -0.496 e. The van der Waals surface area contributed by atoms with Gasteiger partial charge in [-0.15, -0.1) is 0 Å². The molecule has 0 aliphatic carbocycles. The maximum atomic E-state index is 12.6. The summed E-state index contributed by atoms with van der Waals surface area (Å²) in [7, 11) is 1.34. The number of methoxy groups -OCH3 is 1. The second-order valence-electron chi connectivity index (χ2n) is 7.31. The highest BCUT2D eigenvalue weighted by molar-refractivity contribution is 6.34. The lowest BCUT2D eigenvalue weighted by atomic mass is 10.1. The fourth-order valence-electron chi connectivity index (χ4n) is 2.99. The summed E-state index contributed by atoms with van der Waals surface area (Å²) in [4.78, 5) is 46.9. The van der Waals surface area contributed by atoms with Crippen LogP contribution in [0.25, 0.3) is 0 Å². The van der Waals surface area contributed by atoms with Crippen molar-refractivity contribution in [2.45, 2.75) is 13.3 Å². The van der Waals surface area contributed by atoms with Gasteiger partial charge in [0.25, 0.3) is 5.69 Å². The number of anilines is 1. The molecule has 3 rings (SSSR count). The molecular weight excluding hydrogens is 492 g/mol. The third-order valence-electron chi connectivity index (χ3n) is 4.90. The van der Waals surface area contributed by atoms with Crippen molar-refractivity contribution >= 4 is 40.6 Å². The molecule has 0 heterocycles. The molecule has 36 heavy (non-hydrogen) atoms. The molecule has 10 nitrogen and oxygen atoms in total. The number of amides is 1. The summed E-state index contributed by atoms with van der Waals surface area (Å²) < 4.78 is 16.0. The van der Waals surface area contributed by atoms with Crippen molar-refractivity contribution in [3.05, 3.63) is 86.9 Å². The van der Waals surface area contributed by atoms with Crippen molar-refractivity contribution < 1.29 is 33.5 Å². The highest BCUT2D eigenvalue weighted by atomic mass is 35.5. The lowest BCUT2D eigenvalue weighted by Crippen LogP contribution is -2.16. The number of ether oxygens (including phenoxy) is 3. The zero-order chi connectivity index (χ0) is 26.2. The zero-order valence-electron chi connectivity index (χ0n) is 19.3. The van der Waals surface area contributed by atoms with Crippen LogP contribution in [0.5, 0.6) is 17.2 Å². The van der Waals surface area contributed by atoms with Crippen LogP contribution in [-0.2, 0) is 9.53 Å². The fraction of sp³-hybridized carbons (Fsp3) is 0.160. The Kier molecular flexibility index (Phi) is 8.58. The van der Waals surface area contributed by atoms with E-state index in [0.717, 1.165) is 0 Å². The van der Waals surface area contributed by atoms with Gasteiger partial charge in [-0.2, -0.15) is 0 Å². The molecule has 11 heteroatoms. The molecule has 0 unspecified atom stereocenters. The predicted molar refractivity (Wildman–Crippen MR) is 131 cm³/mol. The van der Waals surface area contributed by atoms with Crippen LogP contribution in [0.3, 0.4) is 0 Å². The smallest absolute Gasteiger partial charge is 0.342 e. The van der Waals surface area contributed by atoms with E-state index in [-0.39, 0.29) is 45.6 Å². The number of nitrogens with one attached hydrogen (secondary N) is 1. The van der Waals surface area contributed by atoms with Gasteiger partial charge in [-0.3, -0.25) is 19.7 Å². The standard InChI is InChI=1S/C25H21ClN2O8/c1-3-24(30)27-21-13-23(34-2)19(12-20(21)26)25(31)35-14-22(29)15-4-8-17(9-5-15)36-18-10-6-16(7-11-18)28(32)33/h4-13H,3,14H2,1-2H3,(H,27,30). The van der Waals surface area contributed by atoms with Gasteiger partial charge in [0.2, 0.25) is 5.91 Å². The molecular formula is C25H21ClN2O8. The summed E-state index contributed by atoms with van der Waals surface area (Å²) in [6.45, 7) is 1.15. The minimum absolute atomic E-state index is 0.00311. The number of rotatable bonds is 10. The number of esters is 1. The van der Waals surface area contributed by atoms with Crippen molar-refractivity contribution in [3.8, 4) is 17.2 Å². The van der Waals surface area contributed by atoms with Gasteiger partial charge in [-0.1, -0.05) is 18.5 Å². The summed E-state index contributed by atoms with van der Waals surface area (Å²) in [5.74, 6) is -0.621. The van der Waals surface area contributed by atoms with E-state index in [4.69, 9.17) is 25.8 Å². The number of carbonyl (C=O) groups excluding carboxylic acids is 3. The molecule has 0 aliphatic rings. The molecule has 1 N–H and O–H groups in total. The van der Waals surface area contributed by atoms with Crippen molar-refractivity contribution in [2.75, 3.05) is 19.0 Å². The second-order valence-corrected chi connectivity index (χ2v) is 7.72. The number of nitro groups is 1. The molecule has 0 radical (unpaired) electrons. The number of hydrogen-bond donors (Lipinski definition) is 1. The normalized spacial score (nSPS) is 10.3. The highest BCUT2D eigenvalue weighted by Gasteiger charge is 2.19. The van der Waals surface area contributed by atoms with E-state index in [9.17, 15) is 24.5 Å². The van der Waals surface area contributed by atoms with E-state index in [1.165, 1.54) is 55.6 Å². The molecule has 0 spiro atoms. The molecule has 0 fully saturated rings. The number of carbonyl (C=O) groups is 3. The summed E-state index contributed by atoms with van der Waals surface area (Å²) >= 11 is 6.17. The average molecular weight is 513 g/mol. The summed E-state index contributed by atoms with van der Waals surface area (Å²) in [6, 6.07) is 14.3. The monoisotopic (exact) mass is 512 g/mol. The van der Waals surface area contributed by atoms with E-state index in [1.807, 2.05) is 0 Å². The Hall–Kier alpha value is -4.44. The van der Waals surface area contributed by atoms with E-state index in [1.54, 1.807) is 19.1 Å². The highest BCUT2D eigenvalue weighted by Crippen LogP contribution is 2.32.